The second-order valence-corrected chi connectivity index (χ2v) is 4.99. The van der Waals surface area contributed by atoms with E-state index >= 15 is 0 Å². The van der Waals surface area contributed by atoms with Gasteiger partial charge in [0.15, 0.2) is 0 Å². The molecule has 19 heavy (non-hydrogen) atoms. The van der Waals surface area contributed by atoms with Crippen molar-refractivity contribution in [2.24, 2.45) is 0 Å². The lowest BCUT2D eigenvalue weighted by Gasteiger charge is -2.12. The van der Waals surface area contributed by atoms with Gasteiger partial charge in [0.1, 0.15) is 0 Å². The Morgan fingerprint density at radius 1 is 1.11 bits per heavy atom. The maximum Gasteiger partial charge on any atom is 0.0915 e. The van der Waals surface area contributed by atoms with Gasteiger partial charge in [0.2, 0.25) is 0 Å². The fraction of sp³-hybridized carbons (Fsp3) is 0.214. The maximum atomic E-state index is 9.96. The van der Waals surface area contributed by atoms with Crippen LogP contribution < -0.4 is 5.32 Å². The van der Waals surface area contributed by atoms with Gasteiger partial charge in [-0.15, -0.1) is 0 Å². The molecule has 0 spiro atoms. The molecule has 0 bridgehead atoms. The summed E-state index contributed by atoms with van der Waals surface area (Å²) in [4.78, 5) is 3.91. The molecular weight excluding hydrogens is 283 g/mol. The number of nitrogens with one attached hydrogen (secondary N) is 1. The van der Waals surface area contributed by atoms with Crippen LogP contribution in [0, 0.1) is 0 Å². The van der Waals surface area contributed by atoms with Crippen molar-refractivity contribution < 1.29 is 5.11 Å². The second kappa shape index (κ2) is 6.87. The Morgan fingerprint density at radius 2 is 1.84 bits per heavy atom. The fourth-order valence-electron chi connectivity index (χ4n) is 1.71. The third-order valence-corrected chi connectivity index (χ3v) is 3.48. The highest BCUT2D eigenvalue weighted by Gasteiger charge is 2.06. The number of aliphatic hydroxyl groups excluding tert-OH is 1. The van der Waals surface area contributed by atoms with Gasteiger partial charge < -0.3 is 10.4 Å². The van der Waals surface area contributed by atoms with Crippen LogP contribution in [-0.4, -0.2) is 16.6 Å². The molecule has 2 N–H and O–H groups in total. The van der Waals surface area contributed by atoms with Crippen molar-refractivity contribution in [3.05, 3.63) is 63.9 Å². The average Bonchev–Trinajstić information content (AvgIpc) is 2.43. The van der Waals surface area contributed by atoms with Gasteiger partial charge in [0.25, 0.3) is 0 Å². The summed E-state index contributed by atoms with van der Waals surface area (Å²) in [7, 11) is 0. The summed E-state index contributed by atoms with van der Waals surface area (Å²) in [5.41, 5.74) is 1.87. The molecule has 2 aromatic rings. The van der Waals surface area contributed by atoms with E-state index in [9.17, 15) is 5.11 Å². The number of rotatable bonds is 5. The SMILES string of the molecule is OC(CNCc1ccc(Cl)c(Cl)c1)c1ccncc1. The van der Waals surface area contributed by atoms with Crippen LogP contribution in [0.3, 0.4) is 0 Å². The zero-order valence-electron chi connectivity index (χ0n) is 10.2. The van der Waals surface area contributed by atoms with Gasteiger partial charge in [-0.05, 0) is 35.4 Å². The van der Waals surface area contributed by atoms with Crippen molar-refractivity contribution in [1.82, 2.24) is 10.3 Å². The van der Waals surface area contributed by atoms with Crippen LogP contribution in [0.2, 0.25) is 10.0 Å². The largest absolute Gasteiger partial charge is 0.387 e. The van der Waals surface area contributed by atoms with E-state index in [-0.39, 0.29) is 0 Å². The summed E-state index contributed by atoms with van der Waals surface area (Å²) < 4.78 is 0. The number of nitrogens with zero attached hydrogens (tertiary/aromatic N) is 1. The number of benzene rings is 1. The smallest absolute Gasteiger partial charge is 0.0915 e. The fourth-order valence-corrected chi connectivity index (χ4v) is 2.03. The van der Waals surface area contributed by atoms with Crippen LogP contribution in [0.25, 0.3) is 0 Å². The molecular formula is C14H14Cl2N2O. The van der Waals surface area contributed by atoms with Crippen LogP contribution in [0.1, 0.15) is 17.2 Å². The molecule has 1 heterocycles. The van der Waals surface area contributed by atoms with Crippen molar-refractivity contribution in [1.29, 1.82) is 0 Å². The molecule has 3 nitrogen and oxygen atoms in total. The molecule has 2 rings (SSSR count). The highest BCUT2D eigenvalue weighted by molar-refractivity contribution is 6.42. The normalized spacial score (nSPS) is 12.4. The van der Waals surface area contributed by atoms with Crippen LogP contribution in [-0.2, 0) is 6.54 Å². The van der Waals surface area contributed by atoms with Gasteiger partial charge >= 0.3 is 0 Å². The molecule has 0 radical (unpaired) electrons. The van der Waals surface area contributed by atoms with Crippen molar-refractivity contribution in [2.75, 3.05) is 6.54 Å². The van der Waals surface area contributed by atoms with Gasteiger partial charge in [-0.1, -0.05) is 29.3 Å². The van der Waals surface area contributed by atoms with E-state index in [1.165, 1.54) is 0 Å². The Morgan fingerprint density at radius 3 is 2.53 bits per heavy atom. The minimum atomic E-state index is -0.550. The van der Waals surface area contributed by atoms with Crippen LogP contribution in [0.4, 0.5) is 0 Å². The number of hydrogen-bond acceptors (Lipinski definition) is 3. The highest BCUT2D eigenvalue weighted by atomic mass is 35.5. The van der Waals surface area contributed by atoms with E-state index in [4.69, 9.17) is 23.2 Å². The van der Waals surface area contributed by atoms with Gasteiger partial charge in [-0.3, -0.25) is 4.98 Å². The third-order valence-electron chi connectivity index (χ3n) is 2.74. The molecule has 1 atom stereocenters. The molecule has 0 fully saturated rings. The van der Waals surface area contributed by atoms with E-state index in [0.29, 0.717) is 23.1 Å². The Kier molecular flexibility index (Phi) is 5.16. The minimum absolute atomic E-state index is 0.463. The summed E-state index contributed by atoms with van der Waals surface area (Å²) in [6.45, 7) is 1.09. The van der Waals surface area contributed by atoms with E-state index in [1.807, 2.05) is 12.1 Å². The molecule has 0 amide bonds. The Balaban J connectivity index is 1.85. The predicted molar refractivity (Wildman–Crippen MR) is 77.4 cm³/mol. The molecule has 1 aromatic carbocycles. The minimum Gasteiger partial charge on any atom is -0.387 e. The van der Waals surface area contributed by atoms with Crippen molar-refractivity contribution >= 4 is 23.2 Å². The monoisotopic (exact) mass is 296 g/mol. The molecule has 1 aromatic heterocycles. The van der Waals surface area contributed by atoms with Crippen LogP contribution in [0.15, 0.2) is 42.7 Å². The lowest BCUT2D eigenvalue weighted by molar-refractivity contribution is 0.174. The average molecular weight is 297 g/mol. The first-order valence-electron chi connectivity index (χ1n) is 5.89. The first-order valence-corrected chi connectivity index (χ1v) is 6.65. The van der Waals surface area contributed by atoms with Gasteiger partial charge in [-0.2, -0.15) is 0 Å². The zero-order chi connectivity index (χ0) is 13.7. The third kappa shape index (κ3) is 4.18. The van der Waals surface area contributed by atoms with Crippen molar-refractivity contribution in [3.8, 4) is 0 Å². The van der Waals surface area contributed by atoms with Crippen LogP contribution >= 0.6 is 23.2 Å². The molecule has 5 heteroatoms. The van der Waals surface area contributed by atoms with Gasteiger partial charge in [-0.25, -0.2) is 0 Å². The maximum absolute atomic E-state index is 9.96. The summed E-state index contributed by atoms with van der Waals surface area (Å²) in [5.74, 6) is 0. The highest BCUT2D eigenvalue weighted by Crippen LogP contribution is 2.22. The number of aromatic nitrogens is 1. The quantitative estimate of drug-likeness (QED) is 0.890. The second-order valence-electron chi connectivity index (χ2n) is 4.18. The van der Waals surface area contributed by atoms with Crippen molar-refractivity contribution in [2.45, 2.75) is 12.6 Å². The summed E-state index contributed by atoms with van der Waals surface area (Å²) in [5, 5.41) is 14.2. The number of hydrogen-bond donors (Lipinski definition) is 2. The van der Waals surface area contributed by atoms with E-state index in [0.717, 1.165) is 11.1 Å². The molecule has 0 aliphatic carbocycles. The number of pyridine rings is 1. The van der Waals surface area contributed by atoms with E-state index < -0.39 is 6.10 Å². The predicted octanol–water partition coefficient (Wildman–Crippen LogP) is 3.21. The summed E-state index contributed by atoms with van der Waals surface area (Å²) in [6.07, 6.45) is 2.78. The first-order chi connectivity index (χ1) is 9.16. The lowest BCUT2D eigenvalue weighted by atomic mass is 10.1. The molecule has 0 saturated heterocycles. The summed E-state index contributed by atoms with van der Waals surface area (Å²) >= 11 is 11.8. The zero-order valence-corrected chi connectivity index (χ0v) is 11.7. The molecule has 0 saturated carbocycles. The Bertz CT molecular complexity index is 534. The van der Waals surface area contributed by atoms with Crippen LogP contribution in [0.5, 0.6) is 0 Å². The van der Waals surface area contributed by atoms with Gasteiger partial charge in [0, 0.05) is 25.5 Å². The number of aliphatic hydroxyl groups is 1. The Labute approximate surface area is 122 Å². The summed E-state index contributed by atoms with van der Waals surface area (Å²) in [6, 6.07) is 9.08. The standard InChI is InChI=1S/C14H14Cl2N2O/c15-12-2-1-10(7-13(12)16)8-18-9-14(19)11-3-5-17-6-4-11/h1-7,14,18-19H,8-9H2. The Hall–Kier alpha value is -1.13. The molecule has 100 valence electrons. The molecule has 1 unspecified atom stereocenters. The molecule has 0 aliphatic heterocycles. The first kappa shape index (κ1) is 14.3. The van der Waals surface area contributed by atoms with E-state index in [2.05, 4.69) is 10.3 Å². The molecule has 0 aliphatic rings. The van der Waals surface area contributed by atoms with Crippen molar-refractivity contribution in [3.63, 3.8) is 0 Å². The lowest BCUT2D eigenvalue weighted by Crippen LogP contribution is -2.21. The topological polar surface area (TPSA) is 45.1 Å². The van der Waals surface area contributed by atoms with Gasteiger partial charge in [0.05, 0.1) is 16.1 Å². The number of halogens is 2. The van der Waals surface area contributed by atoms with E-state index in [1.54, 1.807) is 30.6 Å².